The molecule has 1 aromatic heterocycles. The Hall–Kier alpha value is -1.09. The van der Waals surface area contributed by atoms with Crippen molar-refractivity contribution in [2.24, 2.45) is 5.92 Å². The van der Waals surface area contributed by atoms with Crippen molar-refractivity contribution in [2.45, 2.75) is 31.8 Å². The molecule has 1 aliphatic heterocycles. The first-order valence-electron chi connectivity index (χ1n) is 5.63. The monoisotopic (exact) mass is 204 g/mol. The van der Waals surface area contributed by atoms with E-state index in [1.54, 1.807) is 6.20 Å². The minimum Gasteiger partial charge on any atom is -0.490 e. The van der Waals surface area contributed by atoms with Crippen molar-refractivity contribution in [3.63, 3.8) is 0 Å². The molecule has 2 aliphatic rings. The van der Waals surface area contributed by atoms with E-state index in [2.05, 4.69) is 10.3 Å². The highest BCUT2D eigenvalue weighted by Gasteiger charge is 2.45. The van der Waals surface area contributed by atoms with Crippen molar-refractivity contribution in [1.82, 2.24) is 10.3 Å². The number of pyridine rings is 1. The van der Waals surface area contributed by atoms with E-state index in [9.17, 15) is 0 Å². The number of ether oxygens (including phenoxy) is 1. The molecule has 3 unspecified atom stereocenters. The number of hydrogen-bond donors (Lipinski definition) is 1. The lowest BCUT2D eigenvalue weighted by atomic mass is 10.2. The van der Waals surface area contributed by atoms with Crippen LogP contribution in [0.15, 0.2) is 18.3 Å². The van der Waals surface area contributed by atoms with Gasteiger partial charge in [-0.1, -0.05) is 0 Å². The fourth-order valence-corrected chi connectivity index (χ4v) is 2.38. The molecule has 2 heterocycles. The van der Waals surface area contributed by atoms with E-state index in [4.69, 9.17) is 4.74 Å². The molecule has 1 aromatic rings. The Bertz CT molecular complexity index is 356. The quantitative estimate of drug-likeness (QED) is 0.810. The average molecular weight is 204 g/mol. The van der Waals surface area contributed by atoms with E-state index in [0.29, 0.717) is 6.04 Å². The van der Waals surface area contributed by atoms with E-state index < -0.39 is 0 Å². The van der Waals surface area contributed by atoms with Gasteiger partial charge in [-0.2, -0.15) is 0 Å². The first-order valence-corrected chi connectivity index (χ1v) is 5.63. The van der Waals surface area contributed by atoms with Crippen molar-refractivity contribution in [3.8, 4) is 5.75 Å². The van der Waals surface area contributed by atoms with Crippen LogP contribution < -0.4 is 10.1 Å². The summed E-state index contributed by atoms with van der Waals surface area (Å²) < 4.78 is 5.76. The standard InChI is InChI=1S/C12H16N2O/c1-8-12(3-2-4-13-8)15-7-10-5-9-6-11(9)14-10/h2-4,9-11,14H,5-7H2,1H3. The van der Waals surface area contributed by atoms with E-state index >= 15 is 0 Å². The van der Waals surface area contributed by atoms with Crippen molar-refractivity contribution >= 4 is 0 Å². The molecule has 0 amide bonds. The Kier molecular flexibility index (Phi) is 2.13. The maximum absolute atomic E-state index is 5.76. The molecule has 80 valence electrons. The largest absolute Gasteiger partial charge is 0.490 e. The molecule has 2 fully saturated rings. The molecule has 1 saturated heterocycles. The fourth-order valence-electron chi connectivity index (χ4n) is 2.38. The maximum atomic E-state index is 5.76. The van der Waals surface area contributed by atoms with Crippen molar-refractivity contribution in [3.05, 3.63) is 24.0 Å². The van der Waals surface area contributed by atoms with Crippen LogP contribution in [0, 0.1) is 12.8 Å². The van der Waals surface area contributed by atoms with Crippen LogP contribution in [-0.2, 0) is 0 Å². The van der Waals surface area contributed by atoms with Gasteiger partial charge in [0.15, 0.2) is 0 Å². The molecule has 15 heavy (non-hydrogen) atoms. The van der Waals surface area contributed by atoms with Crippen LogP contribution in [-0.4, -0.2) is 23.7 Å². The van der Waals surface area contributed by atoms with Crippen LogP contribution in [0.2, 0.25) is 0 Å². The van der Waals surface area contributed by atoms with Gasteiger partial charge in [-0.3, -0.25) is 4.98 Å². The SMILES string of the molecule is Cc1ncccc1OCC1CC2CC2N1. The van der Waals surface area contributed by atoms with Crippen molar-refractivity contribution < 1.29 is 4.74 Å². The second-order valence-electron chi connectivity index (χ2n) is 4.60. The van der Waals surface area contributed by atoms with Gasteiger partial charge in [-0.25, -0.2) is 0 Å². The molecule has 0 spiro atoms. The minimum atomic E-state index is 0.549. The second kappa shape index (κ2) is 3.49. The summed E-state index contributed by atoms with van der Waals surface area (Å²) in [6, 6.07) is 5.25. The topological polar surface area (TPSA) is 34.1 Å². The van der Waals surface area contributed by atoms with E-state index in [-0.39, 0.29) is 0 Å². The summed E-state index contributed by atoms with van der Waals surface area (Å²) in [4.78, 5) is 4.20. The first-order chi connectivity index (χ1) is 7.33. The Labute approximate surface area is 89.9 Å². The average Bonchev–Trinajstić information content (AvgIpc) is 2.85. The number of rotatable bonds is 3. The third-order valence-corrected chi connectivity index (χ3v) is 3.36. The van der Waals surface area contributed by atoms with E-state index in [1.165, 1.54) is 12.8 Å². The normalized spacial score (nSPS) is 32.5. The molecule has 3 nitrogen and oxygen atoms in total. The second-order valence-corrected chi connectivity index (χ2v) is 4.60. The Morgan fingerprint density at radius 1 is 1.53 bits per heavy atom. The number of aryl methyl sites for hydroxylation is 1. The molecule has 1 saturated carbocycles. The predicted molar refractivity (Wildman–Crippen MR) is 57.9 cm³/mol. The third-order valence-electron chi connectivity index (χ3n) is 3.36. The van der Waals surface area contributed by atoms with Gasteiger partial charge in [0.2, 0.25) is 0 Å². The molecule has 1 aliphatic carbocycles. The first kappa shape index (κ1) is 9.16. The molecule has 0 bridgehead atoms. The van der Waals surface area contributed by atoms with Crippen LogP contribution in [0.4, 0.5) is 0 Å². The Morgan fingerprint density at radius 2 is 2.47 bits per heavy atom. The highest BCUT2D eigenvalue weighted by atomic mass is 16.5. The number of aromatic nitrogens is 1. The molecular formula is C12H16N2O. The van der Waals surface area contributed by atoms with Gasteiger partial charge < -0.3 is 10.1 Å². The highest BCUT2D eigenvalue weighted by Crippen LogP contribution is 2.40. The highest BCUT2D eigenvalue weighted by molar-refractivity contribution is 5.25. The summed E-state index contributed by atoms with van der Waals surface area (Å²) in [6.07, 6.45) is 4.46. The van der Waals surface area contributed by atoms with Gasteiger partial charge in [0.25, 0.3) is 0 Å². The summed E-state index contributed by atoms with van der Waals surface area (Å²) in [6.45, 7) is 2.76. The summed E-state index contributed by atoms with van der Waals surface area (Å²) in [5.74, 6) is 1.86. The van der Waals surface area contributed by atoms with Gasteiger partial charge >= 0.3 is 0 Å². The Morgan fingerprint density at radius 3 is 3.20 bits per heavy atom. The van der Waals surface area contributed by atoms with Crippen molar-refractivity contribution in [2.75, 3.05) is 6.61 Å². The number of nitrogens with one attached hydrogen (secondary N) is 1. The molecule has 3 atom stereocenters. The van der Waals surface area contributed by atoms with Crippen LogP contribution >= 0.6 is 0 Å². The molecule has 3 rings (SSSR count). The predicted octanol–water partition coefficient (Wildman–Crippen LogP) is 1.52. The maximum Gasteiger partial charge on any atom is 0.140 e. The minimum absolute atomic E-state index is 0.549. The lowest BCUT2D eigenvalue weighted by Gasteiger charge is -2.15. The van der Waals surface area contributed by atoms with Crippen LogP contribution in [0.1, 0.15) is 18.5 Å². The zero-order valence-corrected chi connectivity index (χ0v) is 8.94. The number of fused-ring (bicyclic) bond motifs is 1. The lowest BCUT2D eigenvalue weighted by molar-refractivity contribution is 0.265. The van der Waals surface area contributed by atoms with E-state index in [0.717, 1.165) is 30.0 Å². The summed E-state index contributed by atoms with van der Waals surface area (Å²) in [5.41, 5.74) is 0.973. The Balaban J connectivity index is 1.55. The molecular weight excluding hydrogens is 188 g/mol. The van der Waals surface area contributed by atoms with Gasteiger partial charge in [0.05, 0.1) is 5.69 Å². The van der Waals surface area contributed by atoms with Crippen LogP contribution in [0.5, 0.6) is 5.75 Å². The summed E-state index contributed by atoms with van der Waals surface area (Å²) >= 11 is 0. The number of piperidine rings is 1. The number of hydrogen-bond acceptors (Lipinski definition) is 3. The number of nitrogens with zero attached hydrogens (tertiary/aromatic N) is 1. The fraction of sp³-hybridized carbons (Fsp3) is 0.583. The zero-order valence-electron chi connectivity index (χ0n) is 8.94. The molecule has 0 radical (unpaired) electrons. The van der Waals surface area contributed by atoms with Gasteiger partial charge in [-0.15, -0.1) is 0 Å². The van der Waals surface area contributed by atoms with Crippen molar-refractivity contribution in [1.29, 1.82) is 0 Å². The van der Waals surface area contributed by atoms with Gasteiger partial charge in [-0.05, 0) is 37.8 Å². The van der Waals surface area contributed by atoms with Crippen LogP contribution in [0.3, 0.4) is 0 Å². The molecule has 1 N–H and O–H groups in total. The van der Waals surface area contributed by atoms with E-state index in [1.807, 2.05) is 19.1 Å². The summed E-state index contributed by atoms with van der Waals surface area (Å²) in [7, 11) is 0. The third kappa shape index (κ3) is 1.84. The summed E-state index contributed by atoms with van der Waals surface area (Å²) in [5, 5.41) is 3.57. The molecule has 3 heteroatoms. The van der Waals surface area contributed by atoms with Gasteiger partial charge in [0.1, 0.15) is 12.4 Å². The lowest BCUT2D eigenvalue weighted by Crippen LogP contribution is -2.31. The smallest absolute Gasteiger partial charge is 0.140 e. The van der Waals surface area contributed by atoms with Crippen LogP contribution in [0.25, 0.3) is 0 Å². The van der Waals surface area contributed by atoms with Gasteiger partial charge in [0, 0.05) is 18.3 Å². The zero-order chi connectivity index (χ0) is 10.3. The molecule has 0 aromatic carbocycles.